The molecule has 3 amide bonds. The molecule has 0 atom stereocenters. The van der Waals surface area contributed by atoms with Crippen LogP contribution < -0.4 is 10.2 Å². The highest BCUT2D eigenvalue weighted by molar-refractivity contribution is 6.36. The second-order valence-corrected chi connectivity index (χ2v) is 15.2. The molecule has 6 rings (SSSR count). The number of hydrogen-bond donors (Lipinski definition) is 1. The number of aromatic nitrogens is 4. The Morgan fingerprint density at radius 3 is 2.32 bits per heavy atom. The predicted octanol–water partition coefficient (Wildman–Crippen LogP) is 7.81. The molecule has 1 N–H and O–H groups in total. The monoisotopic (exact) mass is 705 g/mol. The van der Waals surface area contributed by atoms with Crippen LogP contribution in [-0.4, -0.2) is 67.0 Å². The smallest absolute Gasteiger partial charge is 0.424 e. The number of pyridine rings is 2. The fourth-order valence-electron chi connectivity index (χ4n) is 5.78. The van der Waals surface area contributed by atoms with Crippen molar-refractivity contribution in [1.82, 2.24) is 24.6 Å². The Labute approximate surface area is 294 Å². The van der Waals surface area contributed by atoms with Gasteiger partial charge in [-0.05, 0) is 90.3 Å². The maximum Gasteiger partial charge on any atom is 0.424 e. The number of rotatable bonds is 6. The van der Waals surface area contributed by atoms with Gasteiger partial charge in [-0.3, -0.25) is 14.5 Å². The highest BCUT2D eigenvalue weighted by Crippen LogP contribution is 2.39. The summed E-state index contributed by atoms with van der Waals surface area (Å²) in [6, 6.07) is 5.24. The van der Waals surface area contributed by atoms with Crippen LogP contribution in [0.5, 0.6) is 0 Å². The molecule has 0 saturated heterocycles. The SMILES string of the molecule is Cc1c(-c2cc3cc(Nc4cc5n(n4)CC(=O)N(CC4CC4)CC5)ncc3c(Cl)c2F)cncc1N(C(=O)OC(C)(C)C)C(=O)OC(C)(C)C. The molecule has 264 valence electrons. The number of benzene rings is 1. The summed E-state index contributed by atoms with van der Waals surface area (Å²) in [7, 11) is 0. The average molecular weight is 706 g/mol. The third kappa shape index (κ3) is 7.67. The maximum absolute atomic E-state index is 16.0. The molecule has 4 aromatic rings. The third-order valence-corrected chi connectivity index (χ3v) is 8.71. The van der Waals surface area contributed by atoms with Gasteiger partial charge in [0.15, 0.2) is 5.82 Å². The van der Waals surface area contributed by atoms with E-state index in [2.05, 4.69) is 20.4 Å². The van der Waals surface area contributed by atoms with Gasteiger partial charge in [-0.15, -0.1) is 0 Å². The Morgan fingerprint density at radius 2 is 1.68 bits per heavy atom. The molecule has 14 heteroatoms. The molecular weight excluding hydrogens is 665 g/mol. The topological polar surface area (TPSA) is 132 Å². The van der Waals surface area contributed by atoms with E-state index in [1.807, 2.05) is 11.0 Å². The molecule has 50 heavy (non-hydrogen) atoms. The van der Waals surface area contributed by atoms with E-state index < -0.39 is 29.2 Å². The second kappa shape index (κ2) is 13.2. The fourth-order valence-corrected chi connectivity index (χ4v) is 6.04. The maximum atomic E-state index is 16.0. The van der Waals surface area contributed by atoms with Gasteiger partial charge in [0.25, 0.3) is 0 Å². The molecule has 0 radical (unpaired) electrons. The first kappa shape index (κ1) is 35.1. The molecule has 4 heterocycles. The third-order valence-electron chi connectivity index (χ3n) is 8.34. The van der Waals surface area contributed by atoms with Gasteiger partial charge in [0.1, 0.15) is 29.4 Å². The van der Waals surface area contributed by atoms with Gasteiger partial charge < -0.3 is 19.7 Å². The van der Waals surface area contributed by atoms with E-state index in [0.29, 0.717) is 52.4 Å². The van der Waals surface area contributed by atoms with Crippen molar-refractivity contribution in [2.24, 2.45) is 5.92 Å². The standard InChI is InChI=1S/C36H41ClFN7O5/c1-20-25(15-39-17-27(20)45(33(47)49-35(2,3)4)34(48)50-36(5,6)7)24-12-22-13-28(40-16-26(22)31(37)32(24)38)41-29-14-23-10-11-43(18-21-8-9-21)30(46)19-44(23)42-29/h12-17,21H,8-11,18-19H2,1-7H3,(H,40,41,42). The zero-order valence-corrected chi connectivity index (χ0v) is 30.0. The van der Waals surface area contributed by atoms with Crippen molar-refractivity contribution in [3.63, 3.8) is 0 Å². The van der Waals surface area contributed by atoms with E-state index in [1.54, 1.807) is 65.3 Å². The number of carbonyl (C=O) groups is 3. The van der Waals surface area contributed by atoms with Crippen molar-refractivity contribution in [2.75, 3.05) is 23.3 Å². The number of ether oxygens (including phenoxy) is 2. The molecule has 2 aliphatic rings. The van der Waals surface area contributed by atoms with Crippen molar-refractivity contribution in [3.05, 3.63) is 58.9 Å². The number of hydrogen-bond acceptors (Lipinski definition) is 9. The number of nitrogens with one attached hydrogen (secondary N) is 1. The summed E-state index contributed by atoms with van der Waals surface area (Å²) in [5.41, 5.74) is -0.0691. The molecule has 1 fully saturated rings. The van der Waals surface area contributed by atoms with Crippen LogP contribution in [0.3, 0.4) is 0 Å². The summed E-state index contributed by atoms with van der Waals surface area (Å²) in [5.74, 6) is 0.929. The van der Waals surface area contributed by atoms with Gasteiger partial charge in [-0.1, -0.05) is 11.6 Å². The normalized spacial score (nSPS) is 15.1. The number of nitrogens with zero attached hydrogens (tertiary/aromatic N) is 6. The van der Waals surface area contributed by atoms with Crippen molar-refractivity contribution < 1.29 is 28.2 Å². The van der Waals surface area contributed by atoms with E-state index >= 15 is 4.39 Å². The highest BCUT2D eigenvalue weighted by Gasteiger charge is 2.35. The van der Waals surface area contributed by atoms with Gasteiger partial charge in [-0.2, -0.15) is 10.00 Å². The van der Waals surface area contributed by atoms with Gasteiger partial charge in [0.2, 0.25) is 5.91 Å². The van der Waals surface area contributed by atoms with Gasteiger partial charge in [0, 0.05) is 60.2 Å². The molecule has 3 aromatic heterocycles. The summed E-state index contributed by atoms with van der Waals surface area (Å²) in [6.07, 6.45) is 5.36. The molecule has 1 aliphatic carbocycles. The van der Waals surface area contributed by atoms with E-state index in [0.717, 1.165) is 17.1 Å². The molecule has 0 bridgehead atoms. The van der Waals surface area contributed by atoms with Crippen LogP contribution in [0.2, 0.25) is 5.02 Å². The van der Waals surface area contributed by atoms with Crippen LogP contribution in [0.4, 0.5) is 31.3 Å². The fraction of sp³-hybridized carbons (Fsp3) is 0.444. The Kier molecular flexibility index (Phi) is 9.23. The lowest BCUT2D eigenvalue weighted by Crippen LogP contribution is -2.44. The first-order valence-electron chi connectivity index (χ1n) is 16.6. The van der Waals surface area contributed by atoms with E-state index in [-0.39, 0.29) is 28.7 Å². The Balaban J connectivity index is 1.32. The van der Waals surface area contributed by atoms with Crippen molar-refractivity contribution in [2.45, 2.75) is 85.5 Å². The largest absolute Gasteiger partial charge is 0.443 e. The van der Waals surface area contributed by atoms with Crippen LogP contribution in [-0.2, 0) is 27.2 Å². The van der Waals surface area contributed by atoms with Crippen LogP contribution >= 0.6 is 11.6 Å². The van der Waals surface area contributed by atoms with Crippen molar-refractivity contribution in [1.29, 1.82) is 0 Å². The molecular formula is C36H41ClFN7O5. The average Bonchev–Trinajstić information content (AvgIpc) is 3.77. The summed E-state index contributed by atoms with van der Waals surface area (Å²) < 4.78 is 28.8. The van der Waals surface area contributed by atoms with Crippen molar-refractivity contribution >= 4 is 57.8 Å². The van der Waals surface area contributed by atoms with E-state index in [4.69, 9.17) is 21.1 Å². The first-order valence-corrected chi connectivity index (χ1v) is 17.0. The number of amides is 3. The second-order valence-electron chi connectivity index (χ2n) is 14.8. The van der Waals surface area contributed by atoms with Gasteiger partial charge in [0.05, 0.1) is 16.9 Å². The highest BCUT2D eigenvalue weighted by atomic mass is 35.5. The zero-order chi connectivity index (χ0) is 36.1. The van der Waals surface area contributed by atoms with Gasteiger partial charge in [-0.25, -0.2) is 19.0 Å². The molecule has 1 aromatic carbocycles. The molecule has 0 unspecified atom stereocenters. The molecule has 1 aliphatic heterocycles. The lowest BCUT2D eigenvalue weighted by atomic mass is 9.98. The Morgan fingerprint density at radius 1 is 1.00 bits per heavy atom. The number of fused-ring (bicyclic) bond motifs is 2. The van der Waals surface area contributed by atoms with E-state index in [1.165, 1.54) is 31.4 Å². The molecule has 12 nitrogen and oxygen atoms in total. The minimum absolute atomic E-state index is 0.0624. The van der Waals surface area contributed by atoms with Crippen molar-refractivity contribution in [3.8, 4) is 11.1 Å². The van der Waals surface area contributed by atoms with E-state index in [9.17, 15) is 14.4 Å². The lowest BCUT2D eigenvalue weighted by Gasteiger charge is -2.29. The number of imide groups is 1. The van der Waals surface area contributed by atoms with Crippen LogP contribution in [0.25, 0.3) is 21.9 Å². The quantitative estimate of drug-likeness (QED) is 0.213. The van der Waals surface area contributed by atoms with Crippen LogP contribution in [0.15, 0.2) is 36.8 Å². The number of carbonyl (C=O) groups excluding carboxylic acids is 3. The Bertz CT molecular complexity index is 1970. The number of anilines is 3. The summed E-state index contributed by atoms with van der Waals surface area (Å²) in [6.45, 7) is 13.4. The first-order chi connectivity index (χ1) is 23.5. The summed E-state index contributed by atoms with van der Waals surface area (Å²) in [4.78, 5) is 51.0. The summed E-state index contributed by atoms with van der Waals surface area (Å²) in [5, 5.41) is 8.62. The Hall–Kier alpha value is -4.78. The number of halogens is 2. The predicted molar refractivity (Wildman–Crippen MR) is 188 cm³/mol. The lowest BCUT2D eigenvalue weighted by molar-refractivity contribution is -0.131. The van der Waals surface area contributed by atoms with Crippen LogP contribution in [0, 0.1) is 18.7 Å². The molecule has 0 spiro atoms. The van der Waals surface area contributed by atoms with Gasteiger partial charge >= 0.3 is 12.2 Å². The minimum atomic E-state index is -0.968. The summed E-state index contributed by atoms with van der Waals surface area (Å²) >= 11 is 6.57. The van der Waals surface area contributed by atoms with Crippen LogP contribution in [0.1, 0.15) is 65.6 Å². The zero-order valence-electron chi connectivity index (χ0n) is 29.3. The minimum Gasteiger partial charge on any atom is -0.443 e. The molecule has 1 saturated carbocycles.